The van der Waals surface area contributed by atoms with Crippen molar-refractivity contribution in [3.8, 4) is 0 Å². The van der Waals surface area contributed by atoms with Gasteiger partial charge in [-0.2, -0.15) is 5.10 Å². The summed E-state index contributed by atoms with van der Waals surface area (Å²) in [5, 5.41) is 4.02. The van der Waals surface area contributed by atoms with Crippen LogP contribution in [-0.2, 0) is 0 Å². The number of hydrogen-bond donors (Lipinski definition) is 1. The van der Waals surface area contributed by atoms with Crippen molar-refractivity contribution in [1.29, 1.82) is 0 Å². The normalized spacial score (nSPS) is 11.8. The highest BCUT2D eigenvalue weighted by atomic mass is 19.1. The first-order valence-corrected chi connectivity index (χ1v) is 6.13. The van der Waals surface area contributed by atoms with Crippen LogP contribution in [0.3, 0.4) is 0 Å². The predicted molar refractivity (Wildman–Crippen MR) is 78.6 cm³/mol. The molecule has 0 fully saturated rings. The molecular weight excluding hydrogens is 258 g/mol. The Kier molecular flexibility index (Phi) is 4.60. The highest BCUT2D eigenvalue weighted by Gasteiger charge is 2.01. The Balaban J connectivity index is 2.02. The summed E-state index contributed by atoms with van der Waals surface area (Å²) in [5.41, 5.74) is 4.44. The van der Waals surface area contributed by atoms with Crippen LogP contribution >= 0.6 is 0 Å². The van der Waals surface area contributed by atoms with Gasteiger partial charge in [0.15, 0.2) is 5.82 Å². The van der Waals surface area contributed by atoms with E-state index in [1.54, 1.807) is 6.92 Å². The molecule has 4 heteroatoms. The van der Waals surface area contributed by atoms with Crippen molar-refractivity contribution in [3.63, 3.8) is 0 Å². The molecule has 2 nitrogen and oxygen atoms in total. The van der Waals surface area contributed by atoms with E-state index in [-0.39, 0.29) is 5.69 Å². The monoisotopic (exact) mass is 272 g/mol. The molecule has 0 saturated heterocycles. The molecule has 0 unspecified atom stereocenters. The number of rotatable bonds is 4. The van der Waals surface area contributed by atoms with E-state index >= 15 is 0 Å². The standard InChI is InChI=1S/C16H14F2N2/c1-12(7-8-13-5-3-2-4-6-13)19-20-16-10-9-14(17)11-15(16)18/h2-11,20H,1H3. The first kappa shape index (κ1) is 13.9. The Bertz CT molecular complexity index is 634. The summed E-state index contributed by atoms with van der Waals surface area (Å²) < 4.78 is 26.1. The minimum atomic E-state index is -0.673. The summed E-state index contributed by atoms with van der Waals surface area (Å²) in [6.07, 6.45) is 3.71. The molecule has 0 spiro atoms. The van der Waals surface area contributed by atoms with Crippen LogP contribution in [-0.4, -0.2) is 5.71 Å². The van der Waals surface area contributed by atoms with Crippen LogP contribution in [0.15, 0.2) is 59.7 Å². The Labute approximate surface area is 116 Å². The number of halogens is 2. The van der Waals surface area contributed by atoms with Crippen molar-refractivity contribution >= 4 is 17.5 Å². The third-order valence-electron chi connectivity index (χ3n) is 2.60. The van der Waals surface area contributed by atoms with E-state index in [4.69, 9.17) is 0 Å². The number of allylic oxidation sites excluding steroid dienone is 1. The number of nitrogens with zero attached hydrogens (tertiary/aromatic N) is 1. The number of anilines is 1. The molecule has 0 aliphatic heterocycles. The Hall–Kier alpha value is -2.49. The van der Waals surface area contributed by atoms with Gasteiger partial charge in [0, 0.05) is 6.07 Å². The Morgan fingerprint density at radius 3 is 2.55 bits per heavy atom. The minimum absolute atomic E-state index is 0.138. The summed E-state index contributed by atoms with van der Waals surface area (Å²) in [7, 11) is 0. The number of benzene rings is 2. The highest BCUT2D eigenvalue weighted by Crippen LogP contribution is 2.14. The topological polar surface area (TPSA) is 24.4 Å². The van der Waals surface area contributed by atoms with Crippen LogP contribution in [0, 0.1) is 11.6 Å². The second-order valence-electron chi connectivity index (χ2n) is 4.23. The molecular formula is C16H14F2N2. The molecule has 0 aliphatic carbocycles. The molecule has 0 bridgehead atoms. The van der Waals surface area contributed by atoms with Crippen LogP contribution < -0.4 is 5.43 Å². The fourth-order valence-corrected chi connectivity index (χ4v) is 1.55. The zero-order chi connectivity index (χ0) is 14.4. The van der Waals surface area contributed by atoms with Gasteiger partial charge < -0.3 is 0 Å². The van der Waals surface area contributed by atoms with Gasteiger partial charge in [-0.05, 0) is 30.7 Å². The van der Waals surface area contributed by atoms with Crippen LogP contribution in [0.2, 0.25) is 0 Å². The highest BCUT2D eigenvalue weighted by molar-refractivity contribution is 5.96. The smallest absolute Gasteiger partial charge is 0.151 e. The third kappa shape index (κ3) is 4.02. The maximum atomic E-state index is 13.4. The second-order valence-corrected chi connectivity index (χ2v) is 4.23. The minimum Gasteiger partial charge on any atom is -0.275 e. The molecule has 0 atom stereocenters. The van der Waals surface area contributed by atoms with Gasteiger partial charge in [-0.3, -0.25) is 5.43 Å². The fourth-order valence-electron chi connectivity index (χ4n) is 1.55. The third-order valence-corrected chi connectivity index (χ3v) is 2.60. The average molecular weight is 272 g/mol. The molecule has 0 aliphatic rings. The quantitative estimate of drug-likeness (QED) is 0.644. The summed E-state index contributed by atoms with van der Waals surface area (Å²) in [4.78, 5) is 0. The van der Waals surface area contributed by atoms with E-state index in [0.29, 0.717) is 5.71 Å². The molecule has 1 N–H and O–H groups in total. The van der Waals surface area contributed by atoms with Gasteiger partial charge in [0.2, 0.25) is 0 Å². The first-order chi connectivity index (χ1) is 9.65. The zero-order valence-electron chi connectivity index (χ0n) is 11.0. The van der Waals surface area contributed by atoms with Crippen LogP contribution in [0.1, 0.15) is 12.5 Å². The van der Waals surface area contributed by atoms with Crippen molar-refractivity contribution in [2.45, 2.75) is 6.92 Å². The molecule has 0 saturated carbocycles. The maximum absolute atomic E-state index is 13.4. The van der Waals surface area contributed by atoms with Crippen molar-refractivity contribution in [3.05, 3.63) is 71.8 Å². The molecule has 0 aromatic heterocycles. The van der Waals surface area contributed by atoms with E-state index in [2.05, 4.69) is 10.5 Å². The lowest BCUT2D eigenvalue weighted by Gasteiger charge is -2.02. The summed E-state index contributed by atoms with van der Waals surface area (Å²) >= 11 is 0. The second kappa shape index (κ2) is 6.61. The predicted octanol–water partition coefficient (Wildman–Crippen LogP) is 4.47. The van der Waals surface area contributed by atoms with Crippen molar-refractivity contribution < 1.29 is 8.78 Å². The molecule has 102 valence electrons. The molecule has 2 aromatic carbocycles. The lowest BCUT2D eigenvalue weighted by molar-refractivity contribution is 0.585. The molecule has 0 amide bonds. The molecule has 2 aromatic rings. The van der Waals surface area contributed by atoms with Gasteiger partial charge in [0.05, 0.1) is 11.4 Å². The van der Waals surface area contributed by atoms with Gasteiger partial charge in [-0.25, -0.2) is 8.78 Å². The lowest BCUT2D eigenvalue weighted by atomic mass is 10.2. The van der Waals surface area contributed by atoms with Gasteiger partial charge in [0.25, 0.3) is 0 Å². The summed E-state index contributed by atoms with van der Waals surface area (Å²) in [6.45, 7) is 1.79. The summed E-state index contributed by atoms with van der Waals surface area (Å²) in [5.74, 6) is -1.29. The van der Waals surface area contributed by atoms with Gasteiger partial charge in [-0.15, -0.1) is 0 Å². The molecule has 0 radical (unpaired) electrons. The average Bonchev–Trinajstić information content (AvgIpc) is 2.45. The number of hydrogen-bond acceptors (Lipinski definition) is 2. The Morgan fingerprint density at radius 1 is 1.10 bits per heavy atom. The van der Waals surface area contributed by atoms with Crippen LogP contribution in [0.25, 0.3) is 6.08 Å². The number of hydrazone groups is 1. The van der Waals surface area contributed by atoms with Crippen molar-refractivity contribution in [2.24, 2.45) is 5.10 Å². The fraction of sp³-hybridized carbons (Fsp3) is 0.0625. The van der Waals surface area contributed by atoms with Crippen LogP contribution in [0.4, 0.5) is 14.5 Å². The number of nitrogens with one attached hydrogen (secondary N) is 1. The molecule has 2 rings (SSSR count). The zero-order valence-corrected chi connectivity index (χ0v) is 11.0. The summed E-state index contributed by atoms with van der Waals surface area (Å²) in [6, 6.07) is 13.1. The van der Waals surface area contributed by atoms with E-state index < -0.39 is 11.6 Å². The molecule has 20 heavy (non-hydrogen) atoms. The van der Waals surface area contributed by atoms with Crippen molar-refractivity contribution in [1.82, 2.24) is 0 Å². The van der Waals surface area contributed by atoms with Gasteiger partial charge in [-0.1, -0.05) is 36.4 Å². The van der Waals surface area contributed by atoms with E-state index in [9.17, 15) is 8.78 Å². The maximum Gasteiger partial charge on any atom is 0.151 e. The Morgan fingerprint density at radius 2 is 1.85 bits per heavy atom. The van der Waals surface area contributed by atoms with Gasteiger partial charge >= 0.3 is 0 Å². The van der Waals surface area contributed by atoms with Crippen molar-refractivity contribution in [2.75, 3.05) is 5.43 Å². The van der Waals surface area contributed by atoms with E-state index in [1.165, 1.54) is 12.1 Å². The van der Waals surface area contributed by atoms with Crippen LogP contribution in [0.5, 0.6) is 0 Å². The largest absolute Gasteiger partial charge is 0.275 e. The lowest BCUT2D eigenvalue weighted by Crippen LogP contribution is -1.97. The van der Waals surface area contributed by atoms with E-state index in [0.717, 1.165) is 11.6 Å². The first-order valence-electron chi connectivity index (χ1n) is 6.13. The van der Waals surface area contributed by atoms with E-state index in [1.807, 2.05) is 42.5 Å². The molecule has 0 heterocycles. The SMILES string of the molecule is CC(C=Cc1ccccc1)=NNc1ccc(F)cc1F. The van der Waals surface area contributed by atoms with Gasteiger partial charge in [0.1, 0.15) is 5.82 Å².